The van der Waals surface area contributed by atoms with Gasteiger partial charge in [-0.25, -0.2) is 17.9 Å². The zero-order chi connectivity index (χ0) is 15.2. The molecule has 5 nitrogen and oxygen atoms in total. The number of sulfonamides is 1. The molecule has 110 valence electrons. The van der Waals surface area contributed by atoms with Crippen LogP contribution in [0.4, 0.5) is 0 Å². The molecule has 1 rings (SSSR count). The Labute approximate surface area is 119 Å². The van der Waals surface area contributed by atoms with Crippen LogP contribution in [0.3, 0.4) is 0 Å². The van der Waals surface area contributed by atoms with Crippen LogP contribution in [-0.2, 0) is 19.6 Å². The first-order valence-corrected chi connectivity index (χ1v) is 7.72. The van der Waals surface area contributed by atoms with Crippen LogP contribution in [0.5, 0.6) is 0 Å². The normalized spacial score (nSPS) is 13.3. The van der Waals surface area contributed by atoms with Gasteiger partial charge in [0.2, 0.25) is 10.0 Å². The maximum Gasteiger partial charge on any atom is 0.330 e. The maximum atomic E-state index is 12.2. The van der Waals surface area contributed by atoms with Gasteiger partial charge in [-0.3, -0.25) is 0 Å². The molecule has 6 heteroatoms. The van der Waals surface area contributed by atoms with Crippen LogP contribution < -0.4 is 4.72 Å². The van der Waals surface area contributed by atoms with Gasteiger partial charge >= 0.3 is 5.97 Å². The summed E-state index contributed by atoms with van der Waals surface area (Å²) in [6.45, 7) is 3.71. The molecule has 1 N–H and O–H groups in total. The van der Waals surface area contributed by atoms with Crippen molar-refractivity contribution in [1.82, 2.24) is 4.72 Å². The Morgan fingerprint density at radius 1 is 1.35 bits per heavy atom. The molecule has 0 fully saturated rings. The predicted octanol–water partition coefficient (Wildman–Crippen LogP) is 1.78. The van der Waals surface area contributed by atoms with E-state index in [1.807, 2.05) is 13.8 Å². The number of carbonyl (C=O) groups is 1. The van der Waals surface area contributed by atoms with E-state index in [2.05, 4.69) is 9.46 Å². The smallest absolute Gasteiger partial charge is 0.330 e. The van der Waals surface area contributed by atoms with E-state index in [1.54, 1.807) is 24.3 Å². The third kappa shape index (κ3) is 4.79. The van der Waals surface area contributed by atoms with Crippen molar-refractivity contribution in [2.45, 2.75) is 31.2 Å². The average molecular weight is 297 g/mol. The second-order valence-corrected chi connectivity index (χ2v) is 6.05. The summed E-state index contributed by atoms with van der Waals surface area (Å²) < 4.78 is 31.3. The SMILES string of the molecule is CCC(/C=C/C(=O)OC)NS(=O)(=O)c1ccc(C)cc1. The number of methoxy groups -OCH3 is 1. The number of nitrogens with one attached hydrogen (secondary N) is 1. The van der Waals surface area contributed by atoms with Crippen LogP contribution in [0.2, 0.25) is 0 Å². The van der Waals surface area contributed by atoms with E-state index in [1.165, 1.54) is 19.3 Å². The van der Waals surface area contributed by atoms with Crippen LogP contribution >= 0.6 is 0 Å². The molecule has 0 saturated carbocycles. The molecular formula is C14H19NO4S. The first-order valence-electron chi connectivity index (χ1n) is 6.24. The summed E-state index contributed by atoms with van der Waals surface area (Å²) in [6.07, 6.45) is 3.22. The number of hydrogen-bond acceptors (Lipinski definition) is 4. The Morgan fingerprint density at radius 2 is 1.95 bits per heavy atom. The van der Waals surface area contributed by atoms with Crippen molar-refractivity contribution >= 4 is 16.0 Å². The maximum absolute atomic E-state index is 12.2. The second kappa shape index (κ2) is 7.21. The molecule has 0 saturated heterocycles. The molecule has 0 aliphatic rings. The van der Waals surface area contributed by atoms with Gasteiger partial charge in [0.05, 0.1) is 12.0 Å². The highest BCUT2D eigenvalue weighted by Crippen LogP contribution is 2.11. The summed E-state index contributed by atoms with van der Waals surface area (Å²) in [5.41, 5.74) is 0.988. The molecule has 0 radical (unpaired) electrons. The number of rotatable bonds is 6. The Balaban J connectivity index is 2.85. The standard InChI is InChI=1S/C14H19NO4S/c1-4-12(7-10-14(16)19-3)15-20(17,18)13-8-5-11(2)6-9-13/h5-10,12,15H,4H2,1-3H3/b10-7+. The number of ether oxygens (including phenoxy) is 1. The number of aryl methyl sites for hydroxylation is 1. The highest BCUT2D eigenvalue weighted by atomic mass is 32.2. The van der Waals surface area contributed by atoms with Crippen molar-refractivity contribution in [3.63, 3.8) is 0 Å². The zero-order valence-corrected chi connectivity index (χ0v) is 12.6. The number of benzene rings is 1. The summed E-state index contributed by atoms with van der Waals surface area (Å²) in [7, 11) is -2.33. The quantitative estimate of drug-likeness (QED) is 0.641. The van der Waals surface area contributed by atoms with Crippen molar-refractivity contribution in [3.8, 4) is 0 Å². The molecule has 0 heterocycles. The molecule has 0 spiro atoms. The first-order chi connectivity index (χ1) is 9.39. The van der Waals surface area contributed by atoms with Crippen molar-refractivity contribution in [2.24, 2.45) is 0 Å². The molecule has 0 amide bonds. The van der Waals surface area contributed by atoms with Crippen molar-refractivity contribution in [2.75, 3.05) is 7.11 Å². The van der Waals surface area contributed by atoms with Crippen LogP contribution in [-0.4, -0.2) is 27.5 Å². The number of carbonyl (C=O) groups excluding carboxylic acids is 1. The first kappa shape index (κ1) is 16.4. The van der Waals surface area contributed by atoms with E-state index < -0.39 is 22.0 Å². The van der Waals surface area contributed by atoms with Gasteiger partial charge in [-0.2, -0.15) is 0 Å². The van der Waals surface area contributed by atoms with Crippen molar-refractivity contribution in [1.29, 1.82) is 0 Å². The molecular weight excluding hydrogens is 278 g/mol. The summed E-state index contributed by atoms with van der Waals surface area (Å²) in [5, 5.41) is 0. The van der Waals surface area contributed by atoms with E-state index in [-0.39, 0.29) is 4.90 Å². The lowest BCUT2D eigenvalue weighted by atomic mass is 10.2. The van der Waals surface area contributed by atoms with Crippen LogP contribution in [0.25, 0.3) is 0 Å². The van der Waals surface area contributed by atoms with Gasteiger partial charge in [-0.15, -0.1) is 0 Å². The van der Waals surface area contributed by atoms with Gasteiger partial charge in [0.25, 0.3) is 0 Å². The number of esters is 1. The summed E-state index contributed by atoms with van der Waals surface area (Å²) in [6, 6.07) is 6.11. The molecule has 1 unspecified atom stereocenters. The topological polar surface area (TPSA) is 72.5 Å². The van der Waals surface area contributed by atoms with Crippen LogP contribution in [0.1, 0.15) is 18.9 Å². The number of hydrogen-bond donors (Lipinski definition) is 1. The minimum absolute atomic E-state index is 0.202. The van der Waals surface area contributed by atoms with E-state index >= 15 is 0 Å². The molecule has 1 aromatic rings. The Hall–Kier alpha value is -1.66. The van der Waals surface area contributed by atoms with E-state index in [4.69, 9.17) is 0 Å². The third-order valence-electron chi connectivity index (χ3n) is 2.74. The predicted molar refractivity (Wildman–Crippen MR) is 76.7 cm³/mol. The van der Waals surface area contributed by atoms with Gasteiger partial charge in [0.1, 0.15) is 0 Å². The fourth-order valence-corrected chi connectivity index (χ4v) is 2.78. The van der Waals surface area contributed by atoms with Crippen LogP contribution in [0, 0.1) is 6.92 Å². The summed E-state index contributed by atoms with van der Waals surface area (Å²) in [5.74, 6) is -0.516. The van der Waals surface area contributed by atoms with E-state index in [0.29, 0.717) is 6.42 Å². The average Bonchev–Trinajstić information content (AvgIpc) is 2.43. The van der Waals surface area contributed by atoms with Gasteiger partial charge in [0, 0.05) is 12.1 Å². The second-order valence-electron chi connectivity index (χ2n) is 4.33. The summed E-state index contributed by atoms with van der Waals surface area (Å²) >= 11 is 0. The minimum Gasteiger partial charge on any atom is -0.466 e. The summed E-state index contributed by atoms with van der Waals surface area (Å²) in [4.78, 5) is 11.2. The molecule has 0 aliphatic carbocycles. The lowest BCUT2D eigenvalue weighted by Crippen LogP contribution is -2.33. The van der Waals surface area contributed by atoms with Gasteiger partial charge < -0.3 is 4.74 Å². The fourth-order valence-electron chi connectivity index (χ4n) is 1.51. The molecule has 0 aliphatic heterocycles. The van der Waals surface area contributed by atoms with Crippen LogP contribution in [0.15, 0.2) is 41.3 Å². The minimum atomic E-state index is -3.60. The largest absolute Gasteiger partial charge is 0.466 e. The third-order valence-corrected chi connectivity index (χ3v) is 4.25. The Morgan fingerprint density at radius 3 is 2.45 bits per heavy atom. The van der Waals surface area contributed by atoms with Gasteiger partial charge in [-0.05, 0) is 25.5 Å². The highest BCUT2D eigenvalue weighted by Gasteiger charge is 2.17. The molecule has 20 heavy (non-hydrogen) atoms. The molecule has 0 aromatic heterocycles. The zero-order valence-electron chi connectivity index (χ0n) is 11.8. The molecule has 1 atom stereocenters. The highest BCUT2D eigenvalue weighted by molar-refractivity contribution is 7.89. The van der Waals surface area contributed by atoms with E-state index in [9.17, 15) is 13.2 Å². The van der Waals surface area contributed by atoms with Gasteiger partial charge in [-0.1, -0.05) is 30.7 Å². The van der Waals surface area contributed by atoms with Crippen molar-refractivity contribution < 1.29 is 17.9 Å². The molecule has 0 bridgehead atoms. The Kier molecular flexibility index (Phi) is 5.91. The van der Waals surface area contributed by atoms with Gasteiger partial charge in [0.15, 0.2) is 0 Å². The fraction of sp³-hybridized carbons (Fsp3) is 0.357. The van der Waals surface area contributed by atoms with Crippen molar-refractivity contribution in [3.05, 3.63) is 42.0 Å². The lowest BCUT2D eigenvalue weighted by Gasteiger charge is -2.13. The lowest BCUT2D eigenvalue weighted by molar-refractivity contribution is -0.134. The Bertz CT molecular complexity index is 576. The monoisotopic (exact) mass is 297 g/mol. The van der Waals surface area contributed by atoms with E-state index in [0.717, 1.165) is 5.56 Å². The molecule has 1 aromatic carbocycles.